The van der Waals surface area contributed by atoms with E-state index in [2.05, 4.69) is 23.9 Å². The fourth-order valence-electron chi connectivity index (χ4n) is 2.19. The molecule has 1 aromatic rings. The fraction of sp³-hybridized carbons (Fsp3) is 0.467. The average Bonchev–Trinajstić information content (AvgIpc) is 2.83. The number of rotatable bonds is 5. The Bertz CT molecular complexity index is 498. The highest BCUT2D eigenvalue weighted by Crippen LogP contribution is 2.19. The van der Waals surface area contributed by atoms with Gasteiger partial charge in [0.05, 0.1) is 13.0 Å². The van der Waals surface area contributed by atoms with Crippen LogP contribution in [0, 0.1) is 0 Å². The molecule has 1 heterocycles. The van der Waals surface area contributed by atoms with E-state index in [-0.39, 0.29) is 25.2 Å². The number of benzene rings is 1. The molecule has 0 spiro atoms. The molecule has 108 valence electrons. The molecule has 1 unspecified atom stereocenters. The first-order chi connectivity index (χ1) is 9.56. The molecule has 0 bridgehead atoms. The first-order valence-electron chi connectivity index (χ1n) is 6.74. The number of nitrogens with one attached hydrogen (secondary N) is 1. The standard InChI is InChI=1S/C15H19NO4/c1-10(2)13-6-4-3-5-11(13)7-14(17)16-8-12-9-19-15(18)20-12/h3-6,10,12H,7-9H2,1-2H3,(H,16,17). The number of cyclic esters (lactones) is 2. The quantitative estimate of drug-likeness (QED) is 0.836. The van der Waals surface area contributed by atoms with E-state index in [4.69, 9.17) is 4.74 Å². The van der Waals surface area contributed by atoms with Crippen LogP contribution in [0.15, 0.2) is 24.3 Å². The van der Waals surface area contributed by atoms with Crippen molar-refractivity contribution in [3.63, 3.8) is 0 Å². The molecule has 0 aliphatic carbocycles. The van der Waals surface area contributed by atoms with Gasteiger partial charge in [0, 0.05) is 0 Å². The van der Waals surface area contributed by atoms with E-state index in [0.717, 1.165) is 5.56 Å². The van der Waals surface area contributed by atoms with Crippen molar-refractivity contribution in [2.75, 3.05) is 13.2 Å². The molecule has 5 heteroatoms. The first kappa shape index (κ1) is 14.4. The zero-order valence-electron chi connectivity index (χ0n) is 11.7. The molecule has 1 N–H and O–H groups in total. The van der Waals surface area contributed by atoms with E-state index in [9.17, 15) is 9.59 Å². The highest BCUT2D eigenvalue weighted by atomic mass is 16.8. The molecule has 0 saturated carbocycles. The summed E-state index contributed by atoms with van der Waals surface area (Å²) in [6, 6.07) is 7.92. The lowest BCUT2D eigenvalue weighted by atomic mass is 9.95. The Balaban J connectivity index is 1.87. The zero-order valence-corrected chi connectivity index (χ0v) is 11.7. The maximum atomic E-state index is 11.9. The minimum absolute atomic E-state index is 0.0824. The molecule has 1 aliphatic rings. The van der Waals surface area contributed by atoms with Gasteiger partial charge in [0.1, 0.15) is 6.61 Å². The van der Waals surface area contributed by atoms with Crippen LogP contribution >= 0.6 is 0 Å². The number of ether oxygens (including phenoxy) is 2. The van der Waals surface area contributed by atoms with Crippen LogP contribution in [0.25, 0.3) is 0 Å². The third-order valence-corrected chi connectivity index (χ3v) is 3.20. The van der Waals surface area contributed by atoms with Crippen molar-refractivity contribution in [1.82, 2.24) is 5.32 Å². The number of carbonyl (C=O) groups is 2. The number of hydrogen-bond acceptors (Lipinski definition) is 4. The summed E-state index contributed by atoms with van der Waals surface area (Å²) in [7, 11) is 0. The molecular weight excluding hydrogens is 258 g/mol. The first-order valence-corrected chi connectivity index (χ1v) is 6.74. The van der Waals surface area contributed by atoms with Crippen LogP contribution in [-0.2, 0) is 20.7 Å². The summed E-state index contributed by atoms with van der Waals surface area (Å²) in [5.41, 5.74) is 2.21. The molecule has 1 fully saturated rings. The Morgan fingerprint density at radius 1 is 1.40 bits per heavy atom. The van der Waals surface area contributed by atoms with Crippen molar-refractivity contribution in [3.05, 3.63) is 35.4 Å². The van der Waals surface area contributed by atoms with Crippen molar-refractivity contribution < 1.29 is 19.1 Å². The molecule has 1 aromatic carbocycles. The van der Waals surface area contributed by atoms with Gasteiger partial charge in [0.25, 0.3) is 0 Å². The van der Waals surface area contributed by atoms with Gasteiger partial charge in [-0.05, 0) is 17.0 Å². The highest BCUT2D eigenvalue weighted by molar-refractivity contribution is 5.79. The highest BCUT2D eigenvalue weighted by Gasteiger charge is 2.25. The van der Waals surface area contributed by atoms with Crippen molar-refractivity contribution in [1.29, 1.82) is 0 Å². The molecule has 1 aliphatic heterocycles. The lowest BCUT2D eigenvalue weighted by Crippen LogP contribution is -2.34. The second kappa shape index (κ2) is 6.41. The summed E-state index contributed by atoms with van der Waals surface area (Å²) in [5.74, 6) is 0.296. The van der Waals surface area contributed by atoms with E-state index in [0.29, 0.717) is 12.3 Å². The second-order valence-corrected chi connectivity index (χ2v) is 5.14. The summed E-state index contributed by atoms with van der Waals surface area (Å²) >= 11 is 0. The lowest BCUT2D eigenvalue weighted by molar-refractivity contribution is -0.120. The largest absolute Gasteiger partial charge is 0.508 e. The second-order valence-electron chi connectivity index (χ2n) is 5.14. The molecular formula is C15H19NO4. The number of amides is 1. The number of hydrogen-bond donors (Lipinski definition) is 1. The SMILES string of the molecule is CC(C)c1ccccc1CC(=O)NCC1COC(=O)O1. The third-order valence-electron chi connectivity index (χ3n) is 3.20. The average molecular weight is 277 g/mol. The summed E-state index contributed by atoms with van der Waals surface area (Å²) in [6.45, 7) is 4.69. The predicted molar refractivity (Wildman–Crippen MR) is 73.5 cm³/mol. The van der Waals surface area contributed by atoms with Gasteiger partial charge in [0.2, 0.25) is 5.91 Å². The molecule has 1 atom stereocenters. The molecule has 0 radical (unpaired) electrons. The molecule has 20 heavy (non-hydrogen) atoms. The predicted octanol–water partition coefficient (Wildman–Crippen LogP) is 2.00. The van der Waals surface area contributed by atoms with Crippen LogP contribution in [0.4, 0.5) is 4.79 Å². The molecule has 1 saturated heterocycles. The van der Waals surface area contributed by atoms with Gasteiger partial charge < -0.3 is 14.8 Å². The Kier molecular flexibility index (Phi) is 4.61. The van der Waals surface area contributed by atoms with Gasteiger partial charge in [-0.1, -0.05) is 38.1 Å². The normalized spacial score (nSPS) is 17.8. The Morgan fingerprint density at radius 3 is 2.80 bits per heavy atom. The summed E-state index contributed by atoms with van der Waals surface area (Å²) in [6.07, 6.45) is -0.725. The maximum absolute atomic E-state index is 11.9. The smallest absolute Gasteiger partial charge is 0.430 e. The van der Waals surface area contributed by atoms with Gasteiger partial charge in [-0.3, -0.25) is 4.79 Å². The third kappa shape index (κ3) is 3.73. The Labute approximate surface area is 118 Å². The van der Waals surface area contributed by atoms with Crippen molar-refractivity contribution >= 4 is 12.1 Å². The van der Waals surface area contributed by atoms with E-state index in [1.807, 2.05) is 24.3 Å². The van der Waals surface area contributed by atoms with E-state index in [1.54, 1.807) is 0 Å². The molecule has 0 aromatic heterocycles. The minimum atomic E-state index is -0.672. The van der Waals surface area contributed by atoms with E-state index < -0.39 is 6.16 Å². The van der Waals surface area contributed by atoms with Crippen LogP contribution in [0.1, 0.15) is 30.9 Å². The number of carbonyl (C=O) groups excluding carboxylic acids is 2. The Hall–Kier alpha value is -2.04. The summed E-state index contributed by atoms with van der Waals surface area (Å²) in [4.78, 5) is 22.7. The summed E-state index contributed by atoms with van der Waals surface area (Å²) in [5, 5.41) is 2.76. The monoisotopic (exact) mass is 277 g/mol. The van der Waals surface area contributed by atoms with Crippen LogP contribution in [0.3, 0.4) is 0 Å². The van der Waals surface area contributed by atoms with Crippen LogP contribution in [-0.4, -0.2) is 31.3 Å². The fourth-order valence-corrected chi connectivity index (χ4v) is 2.19. The molecule has 5 nitrogen and oxygen atoms in total. The van der Waals surface area contributed by atoms with Gasteiger partial charge in [-0.2, -0.15) is 0 Å². The topological polar surface area (TPSA) is 64.6 Å². The van der Waals surface area contributed by atoms with Gasteiger partial charge in [-0.15, -0.1) is 0 Å². The van der Waals surface area contributed by atoms with Crippen molar-refractivity contribution in [3.8, 4) is 0 Å². The zero-order chi connectivity index (χ0) is 14.5. The van der Waals surface area contributed by atoms with Crippen molar-refractivity contribution in [2.24, 2.45) is 0 Å². The maximum Gasteiger partial charge on any atom is 0.508 e. The van der Waals surface area contributed by atoms with E-state index >= 15 is 0 Å². The lowest BCUT2D eigenvalue weighted by Gasteiger charge is -2.13. The van der Waals surface area contributed by atoms with Gasteiger partial charge in [-0.25, -0.2) is 4.79 Å². The molecule has 1 amide bonds. The van der Waals surface area contributed by atoms with Crippen molar-refractivity contribution in [2.45, 2.75) is 32.3 Å². The Morgan fingerprint density at radius 2 is 2.15 bits per heavy atom. The van der Waals surface area contributed by atoms with E-state index in [1.165, 1.54) is 5.56 Å². The van der Waals surface area contributed by atoms with Gasteiger partial charge in [0.15, 0.2) is 6.10 Å². The minimum Gasteiger partial charge on any atom is -0.430 e. The summed E-state index contributed by atoms with van der Waals surface area (Å²) < 4.78 is 9.50. The molecule has 2 rings (SSSR count). The van der Waals surface area contributed by atoms with Gasteiger partial charge >= 0.3 is 6.16 Å². The van der Waals surface area contributed by atoms with Crippen LogP contribution < -0.4 is 5.32 Å². The van der Waals surface area contributed by atoms with Crippen LogP contribution in [0.5, 0.6) is 0 Å². The van der Waals surface area contributed by atoms with Crippen LogP contribution in [0.2, 0.25) is 0 Å².